The van der Waals surface area contributed by atoms with Crippen molar-refractivity contribution in [2.45, 2.75) is 0 Å². The molecule has 5 nitrogen and oxygen atoms in total. The smallest absolute Gasteiger partial charge is 0.357 e. The van der Waals surface area contributed by atoms with Gasteiger partial charge in [0.25, 0.3) is 0 Å². The molecule has 0 aliphatic heterocycles. The van der Waals surface area contributed by atoms with Gasteiger partial charge in [-0.25, -0.2) is 14.8 Å². The first-order valence-corrected chi connectivity index (χ1v) is 3.76. The summed E-state index contributed by atoms with van der Waals surface area (Å²) >= 11 is 0. The summed E-state index contributed by atoms with van der Waals surface area (Å²) in [7, 11) is 1.54. The molecule has 1 aromatic heterocycles. The monoisotopic (exact) mass is 182 g/mol. The van der Waals surface area contributed by atoms with Crippen LogP contribution in [0.5, 0.6) is 0 Å². The summed E-state index contributed by atoms with van der Waals surface area (Å²) in [5.41, 5.74) is 0.256. The number of aromatic nitrogens is 2. The van der Waals surface area contributed by atoms with Crippen LogP contribution >= 0.6 is 0 Å². The Balaban J connectivity index is 2.40. The Labute approximate surface area is 75.7 Å². The molecule has 0 amide bonds. The van der Waals surface area contributed by atoms with Gasteiger partial charge in [-0.05, 0) is 6.07 Å². The number of esters is 1. The van der Waals surface area contributed by atoms with E-state index in [4.69, 9.17) is 9.47 Å². The molecule has 0 N–H and O–H groups in total. The number of carbonyl (C=O) groups is 1. The third-order valence-electron chi connectivity index (χ3n) is 1.31. The van der Waals surface area contributed by atoms with Crippen molar-refractivity contribution in [3.05, 3.63) is 24.3 Å². The fraction of sp³-hybridized carbons (Fsp3) is 0.375. The third-order valence-corrected chi connectivity index (χ3v) is 1.31. The van der Waals surface area contributed by atoms with Gasteiger partial charge in [-0.3, -0.25) is 0 Å². The molecule has 1 rings (SSSR count). The van der Waals surface area contributed by atoms with Crippen molar-refractivity contribution in [2.75, 3.05) is 20.3 Å². The second kappa shape index (κ2) is 5.21. The van der Waals surface area contributed by atoms with Crippen LogP contribution in [-0.4, -0.2) is 36.3 Å². The number of carbonyl (C=O) groups excluding carboxylic acids is 1. The largest absolute Gasteiger partial charge is 0.459 e. The molecular formula is C8H10N2O3. The molecule has 0 saturated carbocycles. The molecule has 1 heterocycles. The second-order valence-corrected chi connectivity index (χ2v) is 2.22. The van der Waals surface area contributed by atoms with Crippen LogP contribution in [0, 0.1) is 0 Å². The molecule has 5 heteroatoms. The Morgan fingerprint density at radius 3 is 3.00 bits per heavy atom. The molecule has 0 saturated heterocycles. The third kappa shape index (κ3) is 3.16. The molecule has 0 aliphatic carbocycles. The molecule has 0 bridgehead atoms. The Morgan fingerprint density at radius 1 is 1.54 bits per heavy atom. The Hall–Kier alpha value is -1.49. The van der Waals surface area contributed by atoms with Crippen LogP contribution in [0.4, 0.5) is 0 Å². The van der Waals surface area contributed by atoms with Gasteiger partial charge in [0, 0.05) is 13.3 Å². The molecule has 70 valence electrons. The number of hydrogen-bond acceptors (Lipinski definition) is 5. The van der Waals surface area contributed by atoms with Gasteiger partial charge in [0.15, 0.2) is 5.69 Å². The number of hydrogen-bond donors (Lipinski definition) is 0. The summed E-state index contributed by atoms with van der Waals surface area (Å²) in [4.78, 5) is 18.6. The second-order valence-electron chi connectivity index (χ2n) is 2.22. The fourth-order valence-corrected chi connectivity index (χ4v) is 0.703. The fourth-order valence-electron chi connectivity index (χ4n) is 0.703. The molecule has 1 aromatic rings. The molecule has 0 spiro atoms. The summed E-state index contributed by atoms with van der Waals surface area (Å²) in [5.74, 6) is -0.459. The van der Waals surface area contributed by atoms with Crippen molar-refractivity contribution in [1.82, 2.24) is 9.97 Å². The zero-order chi connectivity index (χ0) is 9.52. The van der Waals surface area contributed by atoms with E-state index < -0.39 is 5.97 Å². The van der Waals surface area contributed by atoms with E-state index in [1.165, 1.54) is 18.6 Å². The van der Waals surface area contributed by atoms with Crippen LogP contribution in [0.3, 0.4) is 0 Å². The first kappa shape index (κ1) is 9.60. The number of nitrogens with zero attached hydrogens (tertiary/aromatic N) is 2. The Morgan fingerprint density at radius 2 is 2.38 bits per heavy atom. The van der Waals surface area contributed by atoms with Crippen LogP contribution in [0.1, 0.15) is 10.5 Å². The molecule has 0 aliphatic rings. The van der Waals surface area contributed by atoms with Crippen molar-refractivity contribution in [3.8, 4) is 0 Å². The van der Waals surface area contributed by atoms with E-state index >= 15 is 0 Å². The lowest BCUT2D eigenvalue weighted by atomic mass is 10.4. The average molecular weight is 182 g/mol. The highest BCUT2D eigenvalue weighted by molar-refractivity contribution is 5.86. The van der Waals surface area contributed by atoms with Crippen molar-refractivity contribution in [1.29, 1.82) is 0 Å². The summed E-state index contributed by atoms with van der Waals surface area (Å²) < 4.78 is 9.53. The maximum atomic E-state index is 11.2. The number of methoxy groups -OCH3 is 1. The lowest BCUT2D eigenvalue weighted by Gasteiger charge is -2.01. The Kier molecular flexibility index (Phi) is 3.84. The van der Waals surface area contributed by atoms with Crippen LogP contribution in [0.2, 0.25) is 0 Å². The molecule has 0 aromatic carbocycles. The summed E-state index contributed by atoms with van der Waals surface area (Å²) in [6.45, 7) is 0.621. The van der Waals surface area contributed by atoms with Gasteiger partial charge in [-0.2, -0.15) is 0 Å². The standard InChI is InChI=1S/C8H10N2O3/c1-12-4-5-13-8(11)7-2-3-9-6-10-7/h2-3,6H,4-5H2,1H3. The molecule has 0 radical (unpaired) electrons. The van der Waals surface area contributed by atoms with E-state index in [0.717, 1.165) is 0 Å². The van der Waals surface area contributed by atoms with E-state index in [0.29, 0.717) is 6.61 Å². The number of ether oxygens (including phenoxy) is 2. The van der Waals surface area contributed by atoms with Crippen molar-refractivity contribution >= 4 is 5.97 Å². The molecular weight excluding hydrogens is 172 g/mol. The first-order valence-electron chi connectivity index (χ1n) is 3.76. The minimum absolute atomic E-state index is 0.235. The van der Waals surface area contributed by atoms with Gasteiger partial charge in [0.2, 0.25) is 0 Å². The molecule has 0 atom stereocenters. The van der Waals surface area contributed by atoms with E-state index in [2.05, 4.69) is 9.97 Å². The SMILES string of the molecule is COCCOC(=O)c1ccncn1. The van der Waals surface area contributed by atoms with Crippen LogP contribution in [-0.2, 0) is 9.47 Å². The van der Waals surface area contributed by atoms with E-state index in [9.17, 15) is 4.79 Å². The minimum Gasteiger partial charge on any atom is -0.459 e. The highest BCUT2D eigenvalue weighted by atomic mass is 16.6. The minimum atomic E-state index is -0.459. The summed E-state index contributed by atoms with van der Waals surface area (Å²) in [6.07, 6.45) is 2.78. The number of rotatable bonds is 4. The highest BCUT2D eigenvalue weighted by Gasteiger charge is 2.06. The van der Waals surface area contributed by atoms with Crippen LogP contribution in [0.25, 0.3) is 0 Å². The normalized spacial score (nSPS) is 9.62. The quantitative estimate of drug-likeness (QED) is 0.494. The highest BCUT2D eigenvalue weighted by Crippen LogP contribution is 1.94. The van der Waals surface area contributed by atoms with Gasteiger partial charge >= 0.3 is 5.97 Å². The molecule has 13 heavy (non-hydrogen) atoms. The summed E-state index contributed by atoms with van der Waals surface area (Å²) in [5, 5.41) is 0. The maximum Gasteiger partial charge on any atom is 0.357 e. The lowest BCUT2D eigenvalue weighted by Crippen LogP contribution is -2.11. The van der Waals surface area contributed by atoms with E-state index in [-0.39, 0.29) is 12.3 Å². The zero-order valence-corrected chi connectivity index (χ0v) is 7.27. The lowest BCUT2D eigenvalue weighted by molar-refractivity contribution is 0.0381. The van der Waals surface area contributed by atoms with E-state index in [1.807, 2.05) is 0 Å². The Bertz CT molecular complexity index is 263. The summed E-state index contributed by atoms with van der Waals surface area (Å²) in [6, 6.07) is 1.50. The van der Waals surface area contributed by atoms with Crippen molar-refractivity contribution < 1.29 is 14.3 Å². The van der Waals surface area contributed by atoms with Crippen molar-refractivity contribution in [3.63, 3.8) is 0 Å². The van der Waals surface area contributed by atoms with E-state index in [1.54, 1.807) is 7.11 Å². The molecule has 0 fully saturated rings. The van der Waals surface area contributed by atoms with Gasteiger partial charge < -0.3 is 9.47 Å². The molecule has 0 unspecified atom stereocenters. The van der Waals surface area contributed by atoms with Gasteiger partial charge in [-0.1, -0.05) is 0 Å². The first-order chi connectivity index (χ1) is 6.34. The predicted octanol–water partition coefficient (Wildman–Crippen LogP) is 0.280. The van der Waals surface area contributed by atoms with Gasteiger partial charge in [-0.15, -0.1) is 0 Å². The topological polar surface area (TPSA) is 61.3 Å². The predicted molar refractivity (Wildman–Crippen MR) is 44.2 cm³/mol. The zero-order valence-electron chi connectivity index (χ0n) is 7.27. The van der Waals surface area contributed by atoms with Gasteiger partial charge in [0.1, 0.15) is 12.9 Å². The van der Waals surface area contributed by atoms with Crippen molar-refractivity contribution in [2.24, 2.45) is 0 Å². The maximum absolute atomic E-state index is 11.2. The van der Waals surface area contributed by atoms with Crippen LogP contribution < -0.4 is 0 Å². The van der Waals surface area contributed by atoms with Crippen LogP contribution in [0.15, 0.2) is 18.6 Å². The average Bonchev–Trinajstić information content (AvgIpc) is 2.19. The van der Waals surface area contributed by atoms with Gasteiger partial charge in [0.05, 0.1) is 6.61 Å².